The third-order valence-corrected chi connectivity index (χ3v) is 6.79. The number of esters is 1. The van der Waals surface area contributed by atoms with Crippen molar-refractivity contribution in [2.45, 2.75) is 38.7 Å². The second-order valence-corrected chi connectivity index (χ2v) is 9.79. The maximum absolute atomic E-state index is 15.1. The lowest BCUT2D eigenvalue weighted by molar-refractivity contribution is -0.144. The third-order valence-electron chi connectivity index (χ3n) is 6.06. The van der Waals surface area contributed by atoms with Gasteiger partial charge in [-0.1, -0.05) is 0 Å². The summed E-state index contributed by atoms with van der Waals surface area (Å²) < 4.78 is 57.4. The van der Waals surface area contributed by atoms with Crippen molar-refractivity contribution in [1.82, 2.24) is 4.48 Å². The molecule has 0 bridgehead atoms. The highest BCUT2D eigenvalue weighted by Gasteiger charge is 2.40. The van der Waals surface area contributed by atoms with E-state index >= 15 is 4.39 Å². The number of likely N-dealkylation sites (tertiary alicyclic amines) is 1. The average Bonchev–Trinajstić information content (AvgIpc) is 3.13. The molecule has 1 amide bonds. The molecule has 2 saturated heterocycles. The van der Waals surface area contributed by atoms with Gasteiger partial charge in [0.1, 0.15) is 6.10 Å². The number of hydrogen-bond acceptors (Lipinski definition) is 8. The zero-order valence-corrected chi connectivity index (χ0v) is 19.1. The number of piperidine rings is 1. The Morgan fingerprint density at radius 2 is 2.09 bits per heavy atom. The number of anilines is 1. The van der Waals surface area contributed by atoms with Gasteiger partial charge in [0.15, 0.2) is 11.5 Å². The maximum Gasteiger partial charge on any atom is 0.414 e. The van der Waals surface area contributed by atoms with Gasteiger partial charge in [-0.05, 0) is 25.3 Å². The summed E-state index contributed by atoms with van der Waals surface area (Å²) in [6, 6.07) is 4.11. The summed E-state index contributed by atoms with van der Waals surface area (Å²) >= 11 is 0. The molecule has 0 unspecified atom stereocenters. The number of cyclic esters (lactones) is 1. The van der Waals surface area contributed by atoms with Crippen LogP contribution in [0.1, 0.15) is 32.6 Å². The molecule has 2 aliphatic rings. The minimum Gasteiger partial charge on any atom is -0.748 e. The van der Waals surface area contributed by atoms with Gasteiger partial charge in [0.25, 0.3) is 0 Å². The first-order valence-corrected chi connectivity index (χ1v) is 12.3. The number of carbonyl (C=O) groups is 2. The smallest absolute Gasteiger partial charge is 0.414 e. The van der Waals surface area contributed by atoms with E-state index in [4.69, 9.17) is 9.47 Å². The molecule has 0 aliphatic carbocycles. The molecule has 12 heteroatoms. The summed E-state index contributed by atoms with van der Waals surface area (Å²) in [6.45, 7) is 2.72. The number of amides is 1. The van der Waals surface area contributed by atoms with Crippen molar-refractivity contribution in [3.8, 4) is 6.19 Å². The van der Waals surface area contributed by atoms with Gasteiger partial charge in [-0.25, -0.2) is 17.6 Å². The maximum atomic E-state index is 15.1. The number of rotatable bonds is 8. The van der Waals surface area contributed by atoms with E-state index < -0.39 is 33.9 Å². The first-order chi connectivity index (χ1) is 15.6. The van der Waals surface area contributed by atoms with Crippen LogP contribution in [0.5, 0.6) is 0 Å². The molecule has 2 heterocycles. The van der Waals surface area contributed by atoms with Crippen LogP contribution in [0, 0.1) is 23.2 Å². The van der Waals surface area contributed by atoms with Crippen LogP contribution >= 0.6 is 0 Å². The monoisotopic (exact) mass is 483 g/mol. The van der Waals surface area contributed by atoms with E-state index in [0.717, 1.165) is 11.0 Å². The molecule has 2 aliphatic heterocycles. The predicted octanol–water partition coefficient (Wildman–Crippen LogP) is 2.24. The first kappa shape index (κ1) is 24.9. The molecule has 180 valence electrons. The van der Waals surface area contributed by atoms with Crippen LogP contribution in [0.4, 0.5) is 20.6 Å². The Labute approximate surface area is 191 Å². The number of hydrogen-bond donors (Lipinski definition) is 0. The Hall–Kier alpha value is -2.75. The molecule has 1 aromatic rings. The van der Waals surface area contributed by atoms with Crippen LogP contribution in [0.25, 0.3) is 0 Å². The molecule has 0 saturated carbocycles. The number of nitriles is 1. The standard InChI is InChI=1S/C21H26FN3O7S/c1-2-31-20(26)11-15-5-8-25(14-23,9-6-15)19-4-3-16(12-18(19)22)24-13-17(32-21(24)27)7-10-33(28,29)30/h3-4,12,15,17H,2,5-11,13H2,1H3/t15?,17-,25?/m1/s1. The van der Waals surface area contributed by atoms with Gasteiger partial charge in [-0.2, -0.15) is 4.48 Å². The Kier molecular flexibility index (Phi) is 7.56. The van der Waals surface area contributed by atoms with E-state index in [1.54, 1.807) is 6.92 Å². The van der Waals surface area contributed by atoms with E-state index in [9.17, 15) is 27.8 Å². The Balaban J connectivity index is 1.69. The third kappa shape index (κ3) is 5.98. The van der Waals surface area contributed by atoms with E-state index in [0.29, 0.717) is 32.5 Å². The molecule has 1 aromatic carbocycles. The molecular formula is C21H26FN3O7S. The van der Waals surface area contributed by atoms with Crippen LogP contribution in [0.3, 0.4) is 0 Å². The van der Waals surface area contributed by atoms with Crippen molar-refractivity contribution in [3.05, 3.63) is 24.0 Å². The molecular weight excluding hydrogens is 457 g/mol. The van der Waals surface area contributed by atoms with Crippen molar-refractivity contribution in [2.75, 3.05) is 36.9 Å². The molecule has 10 nitrogen and oxygen atoms in total. The van der Waals surface area contributed by atoms with E-state index in [-0.39, 0.29) is 47.1 Å². The summed E-state index contributed by atoms with van der Waals surface area (Å²) in [5, 5.41) is 9.86. The van der Waals surface area contributed by atoms with Crippen LogP contribution < -0.4 is 9.38 Å². The minimum absolute atomic E-state index is 0.0130. The van der Waals surface area contributed by atoms with Crippen molar-refractivity contribution in [3.63, 3.8) is 0 Å². The fourth-order valence-corrected chi connectivity index (χ4v) is 4.84. The molecule has 33 heavy (non-hydrogen) atoms. The molecule has 1 atom stereocenters. The van der Waals surface area contributed by atoms with Crippen molar-refractivity contribution >= 4 is 33.6 Å². The van der Waals surface area contributed by atoms with Gasteiger partial charge in [-0.3, -0.25) is 9.69 Å². The summed E-state index contributed by atoms with van der Waals surface area (Å²) in [4.78, 5) is 25.1. The molecule has 3 rings (SSSR count). The fraction of sp³-hybridized carbons (Fsp3) is 0.571. The number of ether oxygens (including phenoxy) is 2. The van der Waals surface area contributed by atoms with Gasteiger partial charge in [-0.15, -0.1) is 5.26 Å². The van der Waals surface area contributed by atoms with Crippen molar-refractivity contribution < 1.29 is 36.4 Å². The van der Waals surface area contributed by atoms with Crippen LogP contribution in [0.2, 0.25) is 0 Å². The van der Waals surface area contributed by atoms with Crippen LogP contribution in [-0.4, -0.2) is 63.1 Å². The molecule has 2 fully saturated rings. The zero-order valence-electron chi connectivity index (χ0n) is 18.2. The fourth-order valence-electron chi connectivity index (χ4n) is 4.29. The predicted molar refractivity (Wildman–Crippen MR) is 114 cm³/mol. The molecule has 0 radical (unpaired) electrons. The minimum atomic E-state index is -4.44. The number of nitrogens with zero attached hydrogens (tertiary/aromatic N) is 3. The van der Waals surface area contributed by atoms with E-state index in [1.165, 1.54) is 12.1 Å². The lowest BCUT2D eigenvalue weighted by Gasteiger charge is -2.36. The number of benzene rings is 1. The van der Waals surface area contributed by atoms with Crippen molar-refractivity contribution in [2.24, 2.45) is 5.92 Å². The SMILES string of the molecule is CCOC(=O)CC1CC[N+](C#N)(c2ccc(N3C[C@@H](CCS(=O)(=O)[O-])OC3=O)cc2F)CC1. The normalized spacial score (nSPS) is 25.4. The summed E-state index contributed by atoms with van der Waals surface area (Å²) in [5.74, 6) is -1.53. The number of quaternary nitrogens is 1. The molecule has 0 spiro atoms. The topological polar surface area (TPSA) is 137 Å². The lowest BCUT2D eigenvalue weighted by atomic mass is 9.91. The summed E-state index contributed by atoms with van der Waals surface area (Å²) in [6.07, 6.45) is 1.90. The van der Waals surface area contributed by atoms with Crippen LogP contribution in [0.15, 0.2) is 18.2 Å². The number of carbonyl (C=O) groups excluding carboxylic acids is 2. The van der Waals surface area contributed by atoms with Gasteiger partial charge in [0.05, 0.1) is 42.0 Å². The summed E-state index contributed by atoms with van der Waals surface area (Å²) in [5.41, 5.74) is 0.388. The summed E-state index contributed by atoms with van der Waals surface area (Å²) in [7, 11) is -4.44. The van der Waals surface area contributed by atoms with Gasteiger partial charge >= 0.3 is 18.3 Å². The quantitative estimate of drug-likeness (QED) is 0.238. The highest BCUT2D eigenvalue weighted by atomic mass is 32.2. The van der Waals surface area contributed by atoms with E-state index in [1.807, 2.05) is 0 Å². The molecule has 0 N–H and O–H groups in total. The van der Waals surface area contributed by atoms with Gasteiger partial charge in [0.2, 0.25) is 0 Å². The Morgan fingerprint density at radius 1 is 1.39 bits per heavy atom. The lowest BCUT2D eigenvalue weighted by Crippen LogP contribution is -2.51. The zero-order chi connectivity index (χ0) is 24.2. The van der Waals surface area contributed by atoms with Gasteiger partial charge in [0, 0.05) is 37.1 Å². The average molecular weight is 484 g/mol. The highest BCUT2D eigenvalue weighted by Crippen LogP contribution is 2.36. The van der Waals surface area contributed by atoms with Crippen molar-refractivity contribution in [1.29, 1.82) is 5.26 Å². The second-order valence-electron chi connectivity index (χ2n) is 8.27. The first-order valence-electron chi connectivity index (χ1n) is 10.7. The molecule has 0 aromatic heterocycles. The van der Waals surface area contributed by atoms with Crippen LogP contribution in [-0.2, 0) is 24.4 Å². The second kappa shape index (κ2) is 10.0. The van der Waals surface area contributed by atoms with E-state index in [2.05, 4.69) is 6.19 Å². The Bertz CT molecular complexity index is 1050. The largest absolute Gasteiger partial charge is 0.748 e. The Morgan fingerprint density at radius 3 is 2.67 bits per heavy atom. The van der Waals surface area contributed by atoms with Gasteiger partial charge < -0.3 is 14.0 Å². The highest BCUT2D eigenvalue weighted by molar-refractivity contribution is 7.85. The number of halogens is 1.